The van der Waals surface area contributed by atoms with E-state index < -0.39 is 0 Å². The van der Waals surface area contributed by atoms with E-state index in [2.05, 4.69) is 31.2 Å². The predicted molar refractivity (Wildman–Crippen MR) is 64.5 cm³/mol. The predicted octanol–water partition coefficient (Wildman–Crippen LogP) is 1.86. The summed E-state index contributed by atoms with van der Waals surface area (Å²) in [6.07, 6.45) is 3.49. The molecule has 15 heavy (non-hydrogen) atoms. The molecular weight excluding hydrogens is 258 g/mol. The van der Waals surface area contributed by atoms with Crippen LogP contribution in [0.3, 0.4) is 0 Å². The van der Waals surface area contributed by atoms with E-state index in [0.29, 0.717) is 6.61 Å². The molecule has 0 aromatic carbocycles. The van der Waals surface area contributed by atoms with Crippen LogP contribution >= 0.6 is 15.9 Å². The standard InChI is InChI=1S/C10H16BrN3O/c1-15-6-3-9-7-10(14-8-13-9)12-5-2-4-11/h7-8H,2-6H2,1H3,(H,12,13,14). The lowest BCUT2D eigenvalue weighted by atomic mass is 10.3. The number of ether oxygens (including phenoxy) is 1. The van der Waals surface area contributed by atoms with Gasteiger partial charge in [-0.05, 0) is 6.42 Å². The van der Waals surface area contributed by atoms with Gasteiger partial charge in [-0.25, -0.2) is 9.97 Å². The van der Waals surface area contributed by atoms with Crippen molar-refractivity contribution in [2.75, 3.05) is 30.9 Å². The molecule has 1 heterocycles. The Morgan fingerprint density at radius 2 is 2.33 bits per heavy atom. The van der Waals surface area contributed by atoms with Crippen LogP contribution < -0.4 is 5.32 Å². The third kappa shape index (κ3) is 5.09. The maximum atomic E-state index is 5.00. The number of methoxy groups -OCH3 is 1. The zero-order valence-corrected chi connectivity index (χ0v) is 10.5. The highest BCUT2D eigenvalue weighted by molar-refractivity contribution is 9.09. The van der Waals surface area contributed by atoms with Gasteiger partial charge in [-0.1, -0.05) is 15.9 Å². The van der Waals surface area contributed by atoms with E-state index in [4.69, 9.17) is 4.74 Å². The quantitative estimate of drug-likeness (QED) is 0.609. The number of aromatic nitrogens is 2. The van der Waals surface area contributed by atoms with E-state index in [1.165, 1.54) is 0 Å². The smallest absolute Gasteiger partial charge is 0.129 e. The van der Waals surface area contributed by atoms with Crippen molar-refractivity contribution in [1.82, 2.24) is 9.97 Å². The molecule has 0 bridgehead atoms. The lowest BCUT2D eigenvalue weighted by molar-refractivity contribution is 0.201. The number of rotatable bonds is 7. The summed E-state index contributed by atoms with van der Waals surface area (Å²) >= 11 is 3.38. The molecule has 1 aromatic heterocycles. The van der Waals surface area contributed by atoms with E-state index in [0.717, 1.165) is 36.2 Å². The highest BCUT2D eigenvalue weighted by atomic mass is 79.9. The van der Waals surface area contributed by atoms with Crippen molar-refractivity contribution in [2.24, 2.45) is 0 Å². The van der Waals surface area contributed by atoms with Crippen LogP contribution in [-0.2, 0) is 11.2 Å². The fourth-order valence-electron chi connectivity index (χ4n) is 1.12. The summed E-state index contributed by atoms with van der Waals surface area (Å²) in [7, 11) is 1.69. The first-order chi connectivity index (χ1) is 7.36. The first kappa shape index (κ1) is 12.4. The van der Waals surface area contributed by atoms with Gasteiger partial charge in [-0.3, -0.25) is 0 Å². The van der Waals surface area contributed by atoms with Crippen LogP contribution in [0.4, 0.5) is 5.82 Å². The highest BCUT2D eigenvalue weighted by Crippen LogP contribution is 2.04. The maximum Gasteiger partial charge on any atom is 0.129 e. The topological polar surface area (TPSA) is 47.0 Å². The maximum absolute atomic E-state index is 5.00. The van der Waals surface area contributed by atoms with Crippen LogP contribution in [0.25, 0.3) is 0 Å². The monoisotopic (exact) mass is 273 g/mol. The first-order valence-electron chi connectivity index (χ1n) is 4.96. The number of hydrogen-bond acceptors (Lipinski definition) is 4. The molecule has 84 valence electrons. The Morgan fingerprint density at radius 1 is 1.47 bits per heavy atom. The molecule has 0 aliphatic rings. The summed E-state index contributed by atoms with van der Waals surface area (Å²) in [5.74, 6) is 0.886. The second-order valence-electron chi connectivity index (χ2n) is 3.11. The van der Waals surface area contributed by atoms with Gasteiger partial charge in [0.2, 0.25) is 0 Å². The summed E-state index contributed by atoms with van der Waals surface area (Å²) in [6.45, 7) is 1.61. The van der Waals surface area contributed by atoms with E-state index in [1.54, 1.807) is 13.4 Å². The minimum Gasteiger partial charge on any atom is -0.384 e. The van der Waals surface area contributed by atoms with Crippen LogP contribution in [-0.4, -0.2) is 35.6 Å². The second kappa shape index (κ2) is 7.59. The molecule has 0 aliphatic carbocycles. The Hall–Kier alpha value is -0.680. The lowest BCUT2D eigenvalue weighted by Crippen LogP contribution is -2.05. The number of alkyl halides is 1. The van der Waals surface area contributed by atoms with Gasteiger partial charge in [0.05, 0.1) is 6.61 Å². The Labute approximate surface area is 98.6 Å². The molecule has 0 amide bonds. The summed E-state index contributed by atoms with van der Waals surface area (Å²) in [4.78, 5) is 8.31. The van der Waals surface area contributed by atoms with E-state index >= 15 is 0 Å². The van der Waals surface area contributed by atoms with Gasteiger partial charge in [0.15, 0.2) is 0 Å². The minimum absolute atomic E-state index is 0.692. The van der Waals surface area contributed by atoms with Crippen molar-refractivity contribution in [3.05, 3.63) is 18.1 Å². The second-order valence-corrected chi connectivity index (χ2v) is 3.90. The van der Waals surface area contributed by atoms with Gasteiger partial charge in [0.25, 0.3) is 0 Å². The van der Waals surface area contributed by atoms with Crippen LogP contribution in [0.2, 0.25) is 0 Å². The summed E-state index contributed by atoms with van der Waals surface area (Å²) in [6, 6.07) is 1.97. The van der Waals surface area contributed by atoms with Crippen molar-refractivity contribution in [3.8, 4) is 0 Å². The molecule has 1 N–H and O–H groups in total. The van der Waals surface area contributed by atoms with Crippen molar-refractivity contribution in [2.45, 2.75) is 12.8 Å². The molecule has 1 aromatic rings. The third-order valence-electron chi connectivity index (χ3n) is 1.90. The fourth-order valence-corrected chi connectivity index (χ4v) is 1.40. The number of nitrogens with zero attached hydrogens (tertiary/aromatic N) is 2. The zero-order chi connectivity index (χ0) is 10.9. The Morgan fingerprint density at radius 3 is 3.07 bits per heavy atom. The van der Waals surface area contributed by atoms with Crippen molar-refractivity contribution in [1.29, 1.82) is 0 Å². The molecule has 0 fully saturated rings. The average Bonchev–Trinajstić information content (AvgIpc) is 2.27. The number of anilines is 1. The molecule has 4 nitrogen and oxygen atoms in total. The van der Waals surface area contributed by atoms with Gasteiger partial charge in [0, 0.05) is 37.2 Å². The fraction of sp³-hybridized carbons (Fsp3) is 0.600. The molecule has 5 heteroatoms. The van der Waals surface area contributed by atoms with Gasteiger partial charge in [-0.2, -0.15) is 0 Å². The molecule has 0 saturated carbocycles. The molecule has 0 spiro atoms. The molecule has 0 unspecified atom stereocenters. The zero-order valence-electron chi connectivity index (χ0n) is 8.87. The van der Waals surface area contributed by atoms with Crippen LogP contribution in [0.5, 0.6) is 0 Å². The van der Waals surface area contributed by atoms with Crippen molar-refractivity contribution in [3.63, 3.8) is 0 Å². The number of hydrogen-bond donors (Lipinski definition) is 1. The van der Waals surface area contributed by atoms with Gasteiger partial charge >= 0.3 is 0 Å². The molecule has 0 radical (unpaired) electrons. The van der Waals surface area contributed by atoms with Gasteiger partial charge in [0.1, 0.15) is 12.1 Å². The molecule has 0 aliphatic heterocycles. The molecule has 0 saturated heterocycles. The summed E-state index contributed by atoms with van der Waals surface area (Å²) in [5, 5.41) is 4.24. The Kier molecular flexibility index (Phi) is 6.27. The summed E-state index contributed by atoms with van der Waals surface area (Å²) < 4.78 is 5.00. The van der Waals surface area contributed by atoms with Gasteiger partial charge < -0.3 is 10.1 Å². The molecule has 0 atom stereocenters. The molecular formula is C10H16BrN3O. The van der Waals surface area contributed by atoms with E-state index in [1.807, 2.05) is 6.07 Å². The molecule has 1 rings (SSSR count). The average molecular weight is 274 g/mol. The minimum atomic E-state index is 0.692. The SMILES string of the molecule is COCCc1cc(NCCCBr)ncn1. The van der Waals surface area contributed by atoms with Crippen LogP contribution in [0.15, 0.2) is 12.4 Å². The van der Waals surface area contributed by atoms with E-state index in [-0.39, 0.29) is 0 Å². The van der Waals surface area contributed by atoms with Crippen molar-refractivity contribution < 1.29 is 4.74 Å². The van der Waals surface area contributed by atoms with Crippen LogP contribution in [0, 0.1) is 0 Å². The summed E-state index contributed by atoms with van der Waals surface area (Å²) in [5.41, 5.74) is 1.01. The van der Waals surface area contributed by atoms with Gasteiger partial charge in [-0.15, -0.1) is 0 Å². The highest BCUT2D eigenvalue weighted by Gasteiger charge is 1.97. The Bertz CT molecular complexity index is 283. The number of halogens is 1. The first-order valence-corrected chi connectivity index (χ1v) is 6.08. The lowest BCUT2D eigenvalue weighted by Gasteiger charge is -2.05. The third-order valence-corrected chi connectivity index (χ3v) is 2.46. The van der Waals surface area contributed by atoms with E-state index in [9.17, 15) is 0 Å². The Balaban J connectivity index is 2.42. The number of nitrogens with one attached hydrogen (secondary N) is 1. The normalized spacial score (nSPS) is 10.3. The largest absolute Gasteiger partial charge is 0.384 e. The van der Waals surface area contributed by atoms with Crippen LogP contribution in [0.1, 0.15) is 12.1 Å². The van der Waals surface area contributed by atoms with Crippen molar-refractivity contribution >= 4 is 21.7 Å².